The molecule has 0 aromatic carbocycles. The van der Waals surface area contributed by atoms with Gasteiger partial charge in [0.1, 0.15) is 5.52 Å². The molecule has 1 N–H and O–H groups in total. The third kappa shape index (κ3) is 2.91. The fourth-order valence-corrected chi connectivity index (χ4v) is 2.40. The second kappa shape index (κ2) is 5.40. The van der Waals surface area contributed by atoms with Crippen LogP contribution in [0.5, 0.6) is 0 Å². The zero-order chi connectivity index (χ0) is 12.3. The third-order valence-electron chi connectivity index (χ3n) is 2.47. The Hall–Kier alpha value is -1.23. The number of nitrogens with zero attached hydrogens (tertiary/aromatic N) is 3. The van der Waals surface area contributed by atoms with Crippen LogP contribution >= 0.6 is 11.8 Å². The first kappa shape index (κ1) is 12.2. The number of hydrogen-bond donors (Lipinski definition) is 1. The minimum atomic E-state index is 0.411. The number of anilines is 1. The largest absolute Gasteiger partial charge is 0.365 e. The van der Waals surface area contributed by atoms with Crippen LogP contribution in [0.1, 0.15) is 19.5 Å². The first-order valence-corrected chi connectivity index (χ1v) is 7.01. The van der Waals surface area contributed by atoms with E-state index >= 15 is 0 Å². The van der Waals surface area contributed by atoms with E-state index in [-0.39, 0.29) is 0 Å². The number of fused-ring (bicyclic) bond motifs is 1. The highest BCUT2D eigenvalue weighted by Gasteiger charge is 2.08. The minimum absolute atomic E-state index is 0.411. The Morgan fingerprint density at radius 2 is 2.35 bits per heavy atom. The quantitative estimate of drug-likeness (QED) is 0.885. The zero-order valence-electron chi connectivity index (χ0n) is 10.5. The maximum absolute atomic E-state index is 4.39. The third-order valence-corrected chi connectivity index (χ3v) is 3.61. The molecule has 0 bridgehead atoms. The molecule has 2 heterocycles. The molecule has 2 rings (SSSR count). The molecule has 0 aliphatic rings. The van der Waals surface area contributed by atoms with Crippen LogP contribution in [0.15, 0.2) is 18.5 Å². The average Bonchev–Trinajstić information content (AvgIpc) is 2.68. The van der Waals surface area contributed by atoms with Gasteiger partial charge < -0.3 is 5.32 Å². The van der Waals surface area contributed by atoms with Gasteiger partial charge in [0.25, 0.3) is 0 Å². The van der Waals surface area contributed by atoms with Gasteiger partial charge in [-0.1, -0.05) is 6.92 Å². The molecule has 17 heavy (non-hydrogen) atoms. The zero-order valence-corrected chi connectivity index (χ0v) is 11.3. The van der Waals surface area contributed by atoms with Crippen molar-refractivity contribution < 1.29 is 0 Å². The number of aromatic nitrogens is 3. The SMILES string of the molecule is CCSCC(C)Nc1nccn2nc(C)cc12. The van der Waals surface area contributed by atoms with Gasteiger partial charge in [0.2, 0.25) is 0 Å². The Bertz CT molecular complexity index is 494. The molecule has 0 amide bonds. The molecule has 0 aliphatic carbocycles. The highest BCUT2D eigenvalue weighted by atomic mass is 32.2. The number of nitrogens with one attached hydrogen (secondary N) is 1. The van der Waals surface area contributed by atoms with Gasteiger partial charge in [-0.25, -0.2) is 9.50 Å². The standard InChI is InChI=1S/C12H18N4S/c1-4-17-8-10(3)14-12-11-7-9(2)15-16(11)6-5-13-12/h5-7,10H,4,8H2,1-3H3,(H,13,14). The van der Waals surface area contributed by atoms with E-state index in [1.54, 1.807) is 6.20 Å². The normalized spacial score (nSPS) is 12.9. The van der Waals surface area contributed by atoms with E-state index in [0.717, 1.165) is 28.5 Å². The summed E-state index contributed by atoms with van der Waals surface area (Å²) in [6, 6.07) is 2.46. The molecule has 0 aliphatic heterocycles. The first-order valence-electron chi connectivity index (χ1n) is 5.86. The van der Waals surface area contributed by atoms with E-state index in [4.69, 9.17) is 0 Å². The average molecular weight is 250 g/mol. The topological polar surface area (TPSA) is 42.2 Å². The van der Waals surface area contributed by atoms with Crippen molar-refractivity contribution in [3.63, 3.8) is 0 Å². The van der Waals surface area contributed by atoms with Crippen molar-refractivity contribution in [3.8, 4) is 0 Å². The van der Waals surface area contributed by atoms with Crippen molar-refractivity contribution in [2.24, 2.45) is 0 Å². The van der Waals surface area contributed by atoms with Crippen molar-refractivity contribution >= 4 is 23.1 Å². The molecule has 0 saturated heterocycles. The van der Waals surface area contributed by atoms with Crippen LogP contribution in [0.4, 0.5) is 5.82 Å². The van der Waals surface area contributed by atoms with Gasteiger partial charge in [0, 0.05) is 24.2 Å². The Labute approximate surface area is 106 Å². The summed E-state index contributed by atoms with van der Waals surface area (Å²) in [6.45, 7) is 6.35. The van der Waals surface area contributed by atoms with Crippen molar-refractivity contribution in [2.75, 3.05) is 16.8 Å². The lowest BCUT2D eigenvalue weighted by atomic mass is 10.3. The fraction of sp³-hybridized carbons (Fsp3) is 0.500. The van der Waals surface area contributed by atoms with Gasteiger partial charge >= 0.3 is 0 Å². The van der Waals surface area contributed by atoms with Gasteiger partial charge in [0.05, 0.1) is 5.69 Å². The van der Waals surface area contributed by atoms with Crippen LogP contribution in [-0.4, -0.2) is 32.1 Å². The van der Waals surface area contributed by atoms with Crippen LogP contribution in [0.2, 0.25) is 0 Å². The van der Waals surface area contributed by atoms with Crippen molar-refractivity contribution in [3.05, 3.63) is 24.2 Å². The molecular weight excluding hydrogens is 232 g/mol. The first-order chi connectivity index (χ1) is 8.20. The van der Waals surface area contributed by atoms with Crippen LogP contribution in [0, 0.1) is 6.92 Å². The van der Waals surface area contributed by atoms with Gasteiger partial charge in [-0.3, -0.25) is 0 Å². The molecule has 5 heteroatoms. The highest BCUT2D eigenvalue weighted by Crippen LogP contribution is 2.16. The summed E-state index contributed by atoms with van der Waals surface area (Å²) < 4.78 is 1.87. The van der Waals surface area contributed by atoms with Gasteiger partial charge in [-0.15, -0.1) is 0 Å². The predicted molar refractivity (Wildman–Crippen MR) is 73.8 cm³/mol. The Morgan fingerprint density at radius 1 is 1.53 bits per heavy atom. The second-order valence-corrected chi connectivity index (χ2v) is 5.42. The van der Waals surface area contributed by atoms with Crippen LogP contribution in [0.3, 0.4) is 0 Å². The molecule has 1 atom stereocenters. The number of hydrogen-bond acceptors (Lipinski definition) is 4. The summed E-state index contributed by atoms with van der Waals surface area (Å²) >= 11 is 1.93. The summed E-state index contributed by atoms with van der Waals surface area (Å²) in [4.78, 5) is 4.39. The summed E-state index contributed by atoms with van der Waals surface area (Å²) in [5.74, 6) is 3.15. The number of rotatable bonds is 5. The molecular formula is C12H18N4S. The van der Waals surface area contributed by atoms with Gasteiger partial charge in [-0.05, 0) is 25.7 Å². The lowest BCUT2D eigenvalue weighted by Gasteiger charge is -2.14. The molecule has 0 radical (unpaired) electrons. The monoisotopic (exact) mass is 250 g/mol. The smallest absolute Gasteiger partial charge is 0.152 e. The summed E-state index contributed by atoms with van der Waals surface area (Å²) in [5.41, 5.74) is 2.05. The maximum atomic E-state index is 4.39. The molecule has 2 aromatic rings. The molecule has 4 nitrogen and oxygen atoms in total. The molecule has 2 aromatic heterocycles. The van der Waals surface area contributed by atoms with Gasteiger partial charge in [-0.2, -0.15) is 16.9 Å². The summed E-state index contributed by atoms with van der Waals surface area (Å²) in [7, 11) is 0. The van der Waals surface area contributed by atoms with E-state index in [0.29, 0.717) is 6.04 Å². The summed E-state index contributed by atoms with van der Waals surface area (Å²) in [6.07, 6.45) is 3.65. The summed E-state index contributed by atoms with van der Waals surface area (Å²) in [5, 5.41) is 7.81. The van der Waals surface area contributed by atoms with E-state index in [1.807, 2.05) is 29.4 Å². The maximum Gasteiger partial charge on any atom is 0.152 e. The molecule has 0 saturated carbocycles. The van der Waals surface area contributed by atoms with Crippen LogP contribution in [-0.2, 0) is 0 Å². The molecule has 92 valence electrons. The van der Waals surface area contributed by atoms with E-state index in [1.165, 1.54) is 0 Å². The minimum Gasteiger partial charge on any atom is -0.365 e. The highest BCUT2D eigenvalue weighted by molar-refractivity contribution is 7.99. The Kier molecular flexibility index (Phi) is 3.89. The van der Waals surface area contributed by atoms with E-state index in [9.17, 15) is 0 Å². The number of thioether (sulfide) groups is 1. The lowest BCUT2D eigenvalue weighted by molar-refractivity contribution is 0.884. The van der Waals surface area contributed by atoms with E-state index < -0.39 is 0 Å². The Balaban J connectivity index is 2.17. The second-order valence-electron chi connectivity index (χ2n) is 4.10. The fourth-order valence-electron chi connectivity index (χ4n) is 1.73. The van der Waals surface area contributed by atoms with Crippen molar-refractivity contribution in [2.45, 2.75) is 26.8 Å². The lowest BCUT2D eigenvalue weighted by Crippen LogP contribution is -2.19. The molecule has 0 fully saturated rings. The van der Waals surface area contributed by atoms with Crippen LogP contribution < -0.4 is 5.32 Å². The van der Waals surface area contributed by atoms with Gasteiger partial charge in [0.15, 0.2) is 5.82 Å². The predicted octanol–water partition coefficient (Wildman–Crippen LogP) is 2.59. The molecule has 0 spiro atoms. The van der Waals surface area contributed by atoms with E-state index in [2.05, 4.69) is 35.3 Å². The van der Waals surface area contributed by atoms with Crippen molar-refractivity contribution in [1.82, 2.24) is 14.6 Å². The molecule has 1 unspecified atom stereocenters. The Morgan fingerprint density at radius 3 is 3.12 bits per heavy atom. The van der Waals surface area contributed by atoms with Crippen molar-refractivity contribution in [1.29, 1.82) is 0 Å². The van der Waals surface area contributed by atoms with Crippen LogP contribution in [0.25, 0.3) is 5.52 Å². The number of aryl methyl sites for hydroxylation is 1.